The summed E-state index contributed by atoms with van der Waals surface area (Å²) in [6.07, 6.45) is 4.30. The monoisotopic (exact) mass is 223 g/mol. The first kappa shape index (κ1) is 11.2. The molecule has 1 aliphatic carbocycles. The molecule has 1 aromatic heterocycles. The van der Waals surface area contributed by atoms with Crippen molar-refractivity contribution >= 4 is 11.3 Å². The highest BCUT2D eigenvalue weighted by Gasteiger charge is 2.23. The summed E-state index contributed by atoms with van der Waals surface area (Å²) in [6, 6.07) is 2.93. The molecule has 0 spiro atoms. The number of thiophene rings is 1. The maximum atomic E-state index is 3.65. The molecule has 1 aromatic rings. The Bertz CT molecular complexity index is 277. The van der Waals surface area contributed by atoms with Gasteiger partial charge in [0.15, 0.2) is 0 Å². The molecule has 1 fully saturated rings. The van der Waals surface area contributed by atoms with Gasteiger partial charge in [-0.1, -0.05) is 19.8 Å². The van der Waals surface area contributed by atoms with Crippen molar-refractivity contribution < 1.29 is 0 Å². The molecule has 2 rings (SSSR count). The maximum absolute atomic E-state index is 3.65. The molecule has 2 heteroatoms. The number of hydrogen-bond donors (Lipinski definition) is 1. The van der Waals surface area contributed by atoms with Crippen molar-refractivity contribution in [2.75, 3.05) is 6.54 Å². The maximum Gasteiger partial charge on any atom is 0.00416 e. The van der Waals surface area contributed by atoms with E-state index in [0.29, 0.717) is 12.0 Å². The van der Waals surface area contributed by atoms with Crippen LogP contribution in [0.3, 0.4) is 0 Å². The predicted octanol–water partition coefficient (Wildman–Crippen LogP) is 3.63. The predicted molar refractivity (Wildman–Crippen MR) is 67.5 cm³/mol. The van der Waals surface area contributed by atoms with Crippen LogP contribution in [0.25, 0.3) is 0 Å². The highest BCUT2D eigenvalue weighted by molar-refractivity contribution is 7.07. The van der Waals surface area contributed by atoms with Crippen molar-refractivity contribution in [2.24, 2.45) is 5.92 Å². The van der Waals surface area contributed by atoms with Gasteiger partial charge in [-0.3, -0.25) is 0 Å². The van der Waals surface area contributed by atoms with E-state index in [1.165, 1.54) is 24.8 Å². The Labute approximate surface area is 96.9 Å². The van der Waals surface area contributed by atoms with Crippen LogP contribution in [0.15, 0.2) is 16.8 Å². The van der Waals surface area contributed by atoms with Crippen molar-refractivity contribution in [3.8, 4) is 0 Å². The van der Waals surface area contributed by atoms with E-state index in [4.69, 9.17) is 0 Å². The highest BCUT2D eigenvalue weighted by atomic mass is 32.1. The zero-order valence-electron chi connectivity index (χ0n) is 9.70. The molecule has 2 unspecified atom stereocenters. The summed E-state index contributed by atoms with van der Waals surface area (Å²) in [4.78, 5) is 0. The molecule has 84 valence electrons. The first-order valence-corrected chi connectivity index (χ1v) is 6.95. The molecule has 2 atom stereocenters. The standard InChI is InChI=1S/C13H21NS/c1-10(13-5-6-15-9-13)8-14-11(2)7-12-3-4-12/h5-6,9-12,14H,3-4,7-8H2,1-2H3. The van der Waals surface area contributed by atoms with Gasteiger partial charge in [-0.25, -0.2) is 0 Å². The van der Waals surface area contributed by atoms with E-state index in [0.717, 1.165) is 12.5 Å². The van der Waals surface area contributed by atoms with Crippen LogP contribution < -0.4 is 5.32 Å². The summed E-state index contributed by atoms with van der Waals surface area (Å²) in [5, 5.41) is 8.07. The van der Waals surface area contributed by atoms with Gasteiger partial charge < -0.3 is 5.32 Å². The Kier molecular flexibility index (Phi) is 3.81. The molecule has 1 aliphatic rings. The van der Waals surface area contributed by atoms with E-state index in [-0.39, 0.29) is 0 Å². The van der Waals surface area contributed by atoms with Crippen LogP contribution in [-0.4, -0.2) is 12.6 Å². The van der Waals surface area contributed by atoms with Crippen LogP contribution >= 0.6 is 11.3 Å². The van der Waals surface area contributed by atoms with Gasteiger partial charge in [-0.05, 0) is 47.6 Å². The summed E-state index contributed by atoms with van der Waals surface area (Å²) < 4.78 is 0. The molecule has 0 radical (unpaired) electrons. The quantitative estimate of drug-likeness (QED) is 0.776. The second-order valence-corrected chi connectivity index (χ2v) is 5.73. The summed E-state index contributed by atoms with van der Waals surface area (Å²) >= 11 is 1.80. The Morgan fingerprint density at radius 1 is 1.47 bits per heavy atom. The molecule has 1 heterocycles. The topological polar surface area (TPSA) is 12.0 Å². The SMILES string of the molecule is CC(CC1CC1)NCC(C)c1ccsc1. The fourth-order valence-electron chi connectivity index (χ4n) is 1.99. The van der Waals surface area contributed by atoms with Crippen LogP contribution in [0.4, 0.5) is 0 Å². The molecule has 1 saturated carbocycles. The smallest absolute Gasteiger partial charge is 0.00416 e. The van der Waals surface area contributed by atoms with Gasteiger partial charge in [-0.2, -0.15) is 11.3 Å². The first-order valence-electron chi connectivity index (χ1n) is 6.01. The Morgan fingerprint density at radius 2 is 2.27 bits per heavy atom. The van der Waals surface area contributed by atoms with Crippen molar-refractivity contribution in [3.63, 3.8) is 0 Å². The van der Waals surface area contributed by atoms with Gasteiger partial charge in [0.1, 0.15) is 0 Å². The summed E-state index contributed by atoms with van der Waals surface area (Å²) in [5.74, 6) is 1.68. The van der Waals surface area contributed by atoms with Crippen LogP contribution in [0.2, 0.25) is 0 Å². The lowest BCUT2D eigenvalue weighted by Gasteiger charge is -2.17. The second kappa shape index (κ2) is 5.13. The fourth-order valence-corrected chi connectivity index (χ4v) is 2.77. The highest BCUT2D eigenvalue weighted by Crippen LogP contribution is 2.33. The average Bonchev–Trinajstić information content (AvgIpc) is 2.86. The zero-order chi connectivity index (χ0) is 10.7. The minimum Gasteiger partial charge on any atom is -0.314 e. The molecule has 1 nitrogen and oxygen atoms in total. The minimum absolute atomic E-state index is 0.651. The summed E-state index contributed by atoms with van der Waals surface area (Å²) in [6.45, 7) is 5.74. The van der Waals surface area contributed by atoms with Gasteiger partial charge in [0.2, 0.25) is 0 Å². The minimum atomic E-state index is 0.651. The van der Waals surface area contributed by atoms with E-state index in [9.17, 15) is 0 Å². The van der Waals surface area contributed by atoms with E-state index in [1.807, 2.05) is 0 Å². The van der Waals surface area contributed by atoms with Gasteiger partial charge in [0.05, 0.1) is 0 Å². The van der Waals surface area contributed by atoms with Crippen LogP contribution in [0.1, 0.15) is 44.6 Å². The zero-order valence-corrected chi connectivity index (χ0v) is 10.5. The van der Waals surface area contributed by atoms with E-state index < -0.39 is 0 Å². The first-order chi connectivity index (χ1) is 7.25. The lowest BCUT2D eigenvalue weighted by Crippen LogP contribution is -2.29. The van der Waals surface area contributed by atoms with Gasteiger partial charge in [0.25, 0.3) is 0 Å². The Balaban J connectivity index is 1.67. The van der Waals surface area contributed by atoms with E-state index in [2.05, 4.69) is 36.0 Å². The molecule has 0 aromatic carbocycles. The van der Waals surface area contributed by atoms with E-state index in [1.54, 1.807) is 11.3 Å². The van der Waals surface area contributed by atoms with Crippen LogP contribution in [0, 0.1) is 5.92 Å². The normalized spacial score (nSPS) is 20.1. The molecule has 0 amide bonds. The average molecular weight is 223 g/mol. The molecule has 15 heavy (non-hydrogen) atoms. The Hall–Kier alpha value is -0.340. The lowest BCUT2D eigenvalue weighted by atomic mass is 10.0. The summed E-state index contributed by atoms with van der Waals surface area (Å²) in [7, 11) is 0. The van der Waals surface area contributed by atoms with Crippen molar-refractivity contribution in [1.29, 1.82) is 0 Å². The third-order valence-electron chi connectivity index (χ3n) is 3.27. The van der Waals surface area contributed by atoms with Crippen molar-refractivity contribution in [2.45, 2.75) is 45.1 Å². The van der Waals surface area contributed by atoms with Crippen molar-refractivity contribution in [3.05, 3.63) is 22.4 Å². The molecule has 1 N–H and O–H groups in total. The summed E-state index contributed by atoms with van der Waals surface area (Å²) in [5.41, 5.74) is 1.48. The third kappa shape index (κ3) is 3.62. The molecular weight excluding hydrogens is 202 g/mol. The fraction of sp³-hybridized carbons (Fsp3) is 0.692. The van der Waals surface area contributed by atoms with Gasteiger partial charge in [0, 0.05) is 12.6 Å². The lowest BCUT2D eigenvalue weighted by molar-refractivity contribution is 0.471. The van der Waals surface area contributed by atoms with Gasteiger partial charge >= 0.3 is 0 Å². The van der Waals surface area contributed by atoms with Crippen LogP contribution in [0.5, 0.6) is 0 Å². The molecule has 0 saturated heterocycles. The second-order valence-electron chi connectivity index (χ2n) is 4.95. The number of rotatable bonds is 6. The van der Waals surface area contributed by atoms with Gasteiger partial charge in [-0.15, -0.1) is 0 Å². The largest absolute Gasteiger partial charge is 0.314 e. The molecule has 0 aliphatic heterocycles. The molecule has 0 bridgehead atoms. The third-order valence-corrected chi connectivity index (χ3v) is 3.97. The van der Waals surface area contributed by atoms with Crippen LogP contribution in [-0.2, 0) is 0 Å². The molecular formula is C13H21NS. The van der Waals surface area contributed by atoms with E-state index >= 15 is 0 Å². The Morgan fingerprint density at radius 3 is 2.87 bits per heavy atom. The number of nitrogens with one attached hydrogen (secondary N) is 1. The number of hydrogen-bond acceptors (Lipinski definition) is 2. The van der Waals surface area contributed by atoms with Crippen molar-refractivity contribution in [1.82, 2.24) is 5.32 Å².